The third-order valence-electron chi connectivity index (χ3n) is 5.58. The van der Waals surface area contributed by atoms with E-state index in [1.54, 1.807) is 4.68 Å². The van der Waals surface area contributed by atoms with Crippen LogP contribution < -0.4 is 4.74 Å². The Labute approximate surface area is 190 Å². The molecule has 1 saturated heterocycles. The van der Waals surface area contributed by atoms with Crippen LogP contribution in [-0.2, 0) is 18.0 Å². The summed E-state index contributed by atoms with van der Waals surface area (Å²) in [6.07, 6.45) is -0.311. The van der Waals surface area contributed by atoms with Crippen molar-refractivity contribution in [2.75, 3.05) is 13.2 Å². The molecule has 176 valence electrons. The molecule has 7 nitrogen and oxygen atoms in total. The maximum Gasteiger partial charge on any atom is 0.417 e. The van der Waals surface area contributed by atoms with Gasteiger partial charge in [-0.25, -0.2) is 4.98 Å². The molecule has 10 heteroatoms. The first-order valence-corrected chi connectivity index (χ1v) is 10.7. The Kier molecular flexibility index (Phi) is 6.40. The number of halogens is 3. The fourth-order valence-electron chi connectivity index (χ4n) is 3.80. The van der Waals surface area contributed by atoms with Crippen LogP contribution in [0.15, 0.2) is 42.9 Å². The average Bonchev–Trinajstić information content (AvgIpc) is 3.42. The number of aryl methyl sites for hydroxylation is 2. The van der Waals surface area contributed by atoms with Crippen molar-refractivity contribution in [1.29, 1.82) is 0 Å². The molecule has 0 amide bonds. The van der Waals surface area contributed by atoms with Crippen molar-refractivity contribution in [3.63, 3.8) is 0 Å². The minimum Gasteiger partial charge on any atom is -0.476 e. The molecule has 0 N–H and O–H groups in total. The molecule has 0 bridgehead atoms. The Morgan fingerprint density at radius 3 is 2.61 bits per heavy atom. The van der Waals surface area contributed by atoms with Crippen molar-refractivity contribution in [2.45, 2.75) is 45.3 Å². The lowest BCUT2D eigenvalue weighted by Gasteiger charge is -2.26. The van der Waals surface area contributed by atoms with Crippen LogP contribution in [-0.4, -0.2) is 50.1 Å². The average molecular weight is 461 g/mol. The van der Waals surface area contributed by atoms with Crippen LogP contribution in [0.1, 0.15) is 36.8 Å². The lowest BCUT2D eigenvalue weighted by atomic mass is 10.1. The Morgan fingerprint density at radius 1 is 1.21 bits per heavy atom. The van der Waals surface area contributed by atoms with Crippen LogP contribution in [0, 0.1) is 6.92 Å². The number of rotatable bonds is 8. The molecule has 1 fully saturated rings. The summed E-state index contributed by atoms with van der Waals surface area (Å²) in [5.74, 6) is 0.150. The second-order valence-corrected chi connectivity index (χ2v) is 8.14. The standard InChI is InChI=1S/C23H26F3N5O2/c1-5-31(15(3)13-32-19-7-6-16(12-27-19)23(24,25)26)22-21(33-22)20-17(10-14(2)11-28-20)18-8-9-30(4)29-18/h6-12,15,21-22H,5,13H2,1-4H3/t15-,21?,22?/m0/s1. The summed E-state index contributed by atoms with van der Waals surface area (Å²) in [5, 5.41) is 4.51. The molecule has 0 saturated carbocycles. The maximum absolute atomic E-state index is 12.7. The summed E-state index contributed by atoms with van der Waals surface area (Å²) in [4.78, 5) is 10.5. The number of nitrogens with zero attached hydrogens (tertiary/aromatic N) is 5. The molecule has 33 heavy (non-hydrogen) atoms. The summed E-state index contributed by atoms with van der Waals surface area (Å²) < 4.78 is 51.5. The highest BCUT2D eigenvalue weighted by Gasteiger charge is 2.48. The zero-order chi connectivity index (χ0) is 23.8. The molecule has 4 rings (SSSR count). The highest BCUT2D eigenvalue weighted by atomic mass is 19.4. The largest absolute Gasteiger partial charge is 0.476 e. The quantitative estimate of drug-likeness (QED) is 0.464. The zero-order valence-corrected chi connectivity index (χ0v) is 18.9. The topological polar surface area (TPSA) is 68.6 Å². The van der Waals surface area contributed by atoms with Crippen molar-refractivity contribution in [2.24, 2.45) is 7.05 Å². The molecular formula is C23H26F3N5O2. The van der Waals surface area contributed by atoms with Gasteiger partial charge in [-0.2, -0.15) is 18.3 Å². The van der Waals surface area contributed by atoms with E-state index in [0.717, 1.165) is 34.8 Å². The van der Waals surface area contributed by atoms with Gasteiger partial charge < -0.3 is 9.47 Å². The highest BCUT2D eigenvalue weighted by Crippen LogP contribution is 2.44. The molecule has 0 spiro atoms. The van der Waals surface area contributed by atoms with Crippen LogP contribution >= 0.6 is 0 Å². The van der Waals surface area contributed by atoms with Crippen LogP contribution in [0.25, 0.3) is 11.3 Å². The van der Waals surface area contributed by atoms with E-state index in [1.807, 2.05) is 46.3 Å². The molecule has 4 heterocycles. The minimum atomic E-state index is -4.42. The first-order valence-electron chi connectivity index (χ1n) is 10.7. The Morgan fingerprint density at radius 2 is 2.00 bits per heavy atom. The van der Waals surface area contributed by atoms with Gasteiger partial charge in [-0.15, -0.1) is 0 Å². The summed E-state index contributed by atoms with van der Waals surface area (Å²) in [7, 11) is 1.87. The summed E-state index contributed by atoms with van der Waals surface area (Å²) >= 11 is 0. The Bertz CT molecular complexity index is 1100. The fraction of sp³-hybridized carbons (Fsp3) is 0.435. The van der Waals surface area contributed by atoms with Crippen LogP contribution in [0.3, 0.4) is 0 Å². The molecule has 2 unspecified atom stereocenters. The SMILES string of the molecule is CCN(C1OC1c1ncc(C)cc1-c1ccn(C)n1)[C@@H](C)COc1ccc(C(F)(F)F)cn1. The third-order valence-corrected chi connectivity index (χ3v) is 5.58. The summed E-state index contributed by atoms with van der Waals surface area (Å²) in [6, 6.07) is 6.15. The molecule has 3 aromatic rings. The minimum absolute atomic E-state index is 0.0576. The molecule has 0 aromatic carbocycles. The number of hydrogen-bond acceptors (Lipinski definition) is 6. The monoisotopic (exact) mass is 461 g/mol. The number of epoxide rings is 1. The summed E-state index contributed by atoms with van der Waals surface area (Å²) in [6.45, 7) is 6.95. The van der Waals surface area contributed by atoms with E-state index in [9.17, 15) is 13.2 Å². The molecule has 1 aliphatic heterocycles. The van der Waals surface area contributed by atoms with Gasteiger partial charge in [0.15, 0.2) is 0 Å². The van der Waals surface area contributed by atoms with E-state index >= 15 is 0 Å². The zero-order valence-electron chi connectivity index (χ0n) is 18.9. The van der Waals surface area contributed by atoms with Crippen molar-refractivity contribution in [1.82, 2.24) is 24.6 Å². The van der Waals surface area contributed by atoms with E-state index in [4.69, 9.17) is 9.47 Å². The van der Waals surface area contributed by atoms with Crippen molar-refractivity contribution < 1.29 is 22.6 Å². The molecule has 1 aliphatic rings. The smallest absolute Gasteiger partial charge is 0.417 e. The number of pyridine rings is 2. The number of alkyl halides is 3. The predicted molar refractivity (Wildman–Crippen MR) is 115 cm³/mol. The first kappa shape index (κ1) is 23.2. The Hall–Kier alpha value is -2.98. The molecule has 0 radical (unpaired) electrons. The summed E-state index contributed by atoms with van der Waals surface area (Å²) in [5.41, 5.74) is 2.85. The van der Waals surface area contributed by atoms with Gasteiger partial charge >= 0.3 is 6.18 Å². The van der Waals surface area contributed by atoms with Crippen molar-refractivity contribution in [3.05, 3.63) is 59.7 Å². The normalized spacial score (nSPS) is 19.0. The van der Waals surface area contributed by atoms with Gasteiger partial charge in [0.1, 0.15) is 18.9 Å². The van der Waals surface area contributed by atoms with Crippen LogP contribution in [0.4, 0.5) is 13.2 Å². The van der Waals surface area contributed by atoms with E-state index in [1.165, 1.54) is 6.07 Å². The van der Waals surface area contributed by atoms with Crippen LogP contribution in [0.2, 0.25) is 0 Å². The van der Waals surface area contributed by atoms with Crippen molar-refractivity contribution in [3.8, 4) is 17.1 Å². The Balaban J connectivity index is 1.43. The first-order chi connectivity index (χ1) is 15.7. The van der Waals surface area contributed by atoms with Gasteiger partial charge in [0.2, 0.25) is 5.88 Å². The second kappa shape index (κ2) is 9.11. The lowest BCUT2D eigenvalue weighted by molar-refractivity contribution is -0.137. The van der Waals surface area contributed by atoms with Gasteiger partial charge in [0.05, 0.1) is 17.0 Å². The fourth-order valence-corrected chi connectivity index (χ4v) is 3.80. The molecule has 0 aliphatic carbocycles. The van der Waals surface area contributed by atoms with E-state index in [2.05, 4.69) is 26.0 Å². The highest BCUT2D eigenvalue weighted by molar-refractivity contribution is 5.63. The maximum atomic E-state index is 12.7. The van der Waals surface area contributed by atoms with Crippen molar-refractivity contribution >= 4 is 0 Å². The number of ether oxygens (including phenoxy) is 2. The van der Waals surface area contributed by atoms with E-state index < -0.39 is 11.7 Å². The van der Waals surface area contributed by atoms with Gasteiger partial charge in [-0.1, -0.05) is 6.92 Å². The molecule has 3 aromatic heterocycles. The molecule has 3 atom stereocenters. The second-order valence-electron chi connectivity index (χ2n) is 8.14. The van der Waals surface area contributed by atoms with Gasteiger partial charge in [0, 0.05) is 43.3 Å². The van der Waals surface area contributed by atoms with E-state index in [-0.39, 0.29) is 30.9 Å². The van der Waals surface area contributed by atoms with Gasteiger partial charge in [0.25, 0.3) is 0 Å². The van der Waals surface area contributed by atoms with Crippen LogP contribution in [0.5, 0.6) is 5.88 Å². The third kappa shape index (κ3) is 5.17. The number of likely N-dealkylation sites (N-methyl/N-ethyl adjacent to an activating group) is 1. The molecular weight excluding hydrogens is 435 g/mol. The predicted octanol–water partition coefficient (Wildman–Crippen LogP) is 4.39. The van der Waals surface area contributed by atoms with Gasteiger partial charge in [-0.3, -0.25) is 14.6 Å². The lowest BCUT2D eigenvalue weighted by Crippen LogP contribution is -2.39. The number of aromatic nitrogens is 4. The van der Waals surface area contributed by atoms with E-state index in [0.29, 0.717) is 6.54 Å². The number of hydrogen-bond donors (Lipinski definition) is 0. The van der Waals surface area contributed by atoms with Gasteiger partial charge in [-0.05, 0) is 44.2 Å².